The molecule has 1 amide bonds. The van der Waals surface area contributed by atoms with Crippen molar-refractivity contribution in [3.05, 3.63) is 0 Å². The first-order valence-electron chi connectivity index (χ1n) is 6.75. The van der Waals surface area contributed by atoms with E-state index in [0.717, 1.165) is 0 Å². The van der Waals surface area contributed by atoms with E-state index in [0.29, 0.717) is 32.7 Å². The van der Waals surface area contributed by atoms with Crippen LogP contribution in [0.25, 0.3) is 0 Å². The normalized spacial score (nSPS) is 13.1. The molecule has 0 heterocycles. The third-order valence-electron chi connectivity index (χ3n) is 3.01. The molecule has 1 atom stereocenters. The Bertz CT molecular complexity index is 311. The topological polar surface area (TPSA) is 76.1 Å². The van der Waals surface area contributed by atoms with Gasteiger partial charge in [0.15, 0.2) is 0 Å². The molecule has 0 aromatic rings. The summed E-state index contributed by atoms with van der Waals surface area (Å²) in [5, 5.41) is 9.32. The number of carboxylic acids is 1. The highest BCUT2D eigenvalue weighted by atomic mass is 16.5. The molecule has 0 aromatic carbocycles. The number of nitrogens with zero attached hydrogens (tertiary/aromatic N) is 1. The number of rotatable bonds is 9. The van der Waals surface area contributed by atoms with E-state index in [1.54, 1.807) is 39.9 Å². The molecule has 6 heteroatoms. The second-order valence-electron chi connectivity index (χ2n) is 5.80. The molecule has 0 fully saturated rings. The number of aliphatic carboxylic acids is 1. The van der Waals surface area contributed by atoms with E-state index in [2.05, 4.69) is 0 Å². The van der Waals surface area contributed by atoms with E-state index in [-0.39, 0.29) is 5.91 Å². The maximum absolute atomic E-state index is 12.5. The number of hydrogen-bond donors (Lipinski definition) is 1. The van der Waals surface area contributed by atoms with Gasteiger partial charge in [-0.05, 0) is 11.8 Å². The summed E-state index contributed by atoms with van der Waals surface area (Å²) in [6.45, 7) is 7.04. The van der Waals surface area contributed by atoms with Gasteiger partial charge < -0.3 is 19.5 Å². The van der Waals surface area contributed by atoms with Crippen molar-refractivity contribution in [2.24, 2.45) is 11.3 Å². The van der Waals surface area contributed by atoms with Gasteiger partial charge in [-0.1, -0.05) is 20.8 Å². The minimum absolute atomic E-state index is 0.363. The van der Waals surface area contributed by atoms with Crippen LogP contribution in [0.3, 0.4) is 0 Å². The van der Waals surface area contributed by atoms with Gasteiger partial charge in [0.05, 0.1) is 6.61 Å². The maximum atomic E-state index is 12.5. The SMILES string of the molecule is COCCCN(CCOC)C(=O)C(C(=O)O)C(C)(C)C. The fourth-order valence-electron chi connectivity index (χ4n) is 1.96. The van der Waals surface area contributed by atoms with Gasteiger partial charge in [-0.3, -0.25) is 9.59 Å². The molecule has 1 N–H and O–H groups in total. The third-order valence-corrected chi connectivity index (χ3v) is 3.01. The van der Waals surface area contributed by atoms with Crippen molar-refractivity contribution in [1.82, 2.24) is 4.90 Å². The van der Waals surface area contributed by atoms with E-state index in [1.165, 1.54) is 0 Å². The standard InChI is InChI=1S/C14H27NO5/c1-14(2,3)11(13(17)18)12(16)15(8-10-20-5)7-6-9-19-4/h11H,6-10H2,1-5H3,(H,17,18). The smallest absolute Gasteiger partial charge is 0.316 e. The van der Waals surface area contributed by atoms with Gasteiger partial charge in [-0.2, -0.15) is 0 Å². The number of carboxylic acid groups (broad SMARTS) is 1. The zero-order valence-electron chi connectivity index (χ0n) is 13.1. The van der Waals surface area contributed by atoms with Crippen LogP contribution in [-0.4, -0.2) is 62.4 Å². The zero-order chi connectivity index (χ0) is 15.8. The highest BCUT2D eigenvalue weighted by Crippen LogP contribution is 2.28. The molecule has 0 radical (unpaired) electrons. The summed E-state index contributed by atoms with van der Waals surface area (Å²) in [5.41, 5.74) is -0.629. The number of hydrogen-bond acceptors (Lipinski definition) is 4. The Kier molecular flexibility index (Phi) is 8.41. The van der Waals surface area contributed by atoms with Gasteiger partial charge in [0.2, 0.25) is 5.91 Å². The van der Waals surface area contributed by atoms with Gasteiger partial charge in [0.25, 0.3) is 0 Å². The zero-order valence-corrected chi connectivity index (χ0v) is 13.1. The molecule has 0 aliphatic heterocycles. The van der Waals surface area contributed by atoms with Crippen molar-refractivity contribution in [1.29, 1.82) is 0 Å². The molecular weight excluding hydrogens is 262 g/mol. The molecule has 0 aliphatic carbocycles. The molecular formula is C14H27NO5. The number of amides is 1. The molecule has 0 spiro atoms. The van der Waals surface area contributed by atoms with Gasteiger partial charge in [-0.15, -0.1) is 0 Å². The van der Waals surface area contributed by atoms with Gasteiger partial charge >= 0.3 is 5.97 Å². The van der Waals surface area contributed by atoms with Crippen LogP contribution >= 0.6 is 0 Å². The maximum Gasteiger partial charge on any atom is 0.316 e. The number of methoxy groups -OCH3 is 2. The lowest BCUT2D eigenvalue weighted by Crippen LogP contribution is -2.46. The molecule has 6 nitrogen and oxygen atoms in total. The van der Waals surface area contributed by atoms with Crippen LogP contribution in [-0.2, 0) is 19.1 Å². The van der Waals surface area contributed by atoms with Crippen LogP contribution in [0.2, 0.25) is 0 Å². The predicted octanol–water partition coefficient (Wildman–Crippen LogP) is 1.24. The van der Waals surface area contributed by atoms with Crippen molar-refractivity contribution in [2.45, 2.75) is 27.2 Å². The largest absolute Gasteiger partial charge is 0.481 e. The van der Waals surface area contributed by atoms with Gasteiger partial charge in [0.1, 0.15) is 5.92 Å². The first-order valence-corrected chi connectivity index (χ1v) is 6.75. The third kappa shape index (κ3) is 6.34. The summed E-state index contributed by atoms with van der Waals surface area (Å²) in [4.78, 5) is 25.4. The fraction of sp³-hybridized carbons (Fsp3) is 0.857. The Morgan fingerprint density at radius 3 is 2.05 bits per heavy atom. The molecule has 0 aliphatic rings. The number of carbonyl (C=O) groups is 2. The number of carbonyl (C=O) groups excluding carboxylic acids is 1. The minimum Gasteiger partial charge on any atom is -0.481 e. The molecule has 0 saturated carbocycles. The Hall–Kier alpha value is -1.14. The van der Waals surface area contributed by atoms with Crippen molar-refractivity contribution < 1.29 is 24.2 Å². The Labute approximate surface area is 121 Å². The molecule has 0 bridgehead atoms. The quantitative estimate of drug-likeness (QED) is 0.510. The first kappa shape index (κ1) is 18.9. The Morgan fingerprint density at radius 1 is 1.10 bits per heavy atom. The van der Waals surface area contributed by atoms with Crippen molar-refractivity contribution in [3.8, 4) is 0 Å². The van der Waals surface area contributed by atoms with Crippen LogP contribution < -0.4 is 0 Å². The lowest BCUT2D eigenvalue weighted by atomic mass is 9.80. The van der Waals surface area contributed by atoms with Gasteiger partial charge in [0, 0.05) is 33.9 Å². The molecule has 20 heavy (non-hydrogen) atoms. The molecule has 0 saturated heterocycles. The van der Waals surface area contributed by atoms with E-state index in [9.17, 15) is 14.7 Å². The average molecular weight is 289 g/mol. The summed E-state index contributed by atoms with van der Waals surface area (Å²) >= 11 is 0. The molecule has 0 aromatic heterocycles. The predicted molar refractivity (Wildman–Crippen MR) is 75.5 cm³/mol. The van der Waals surface area contributed by atoms with Crippen molar-refractivity contribution in [2.75, 3.05) is 40.5 Å². The van der Waals surface area contributed by atoms with E-state index >= 15 is 0 Å². The van der Waals surface area contributed by atoms with Crippen LogP contribution in [0.5, 0.6) is 0 Å². The lowest BCUT2D eigenvalue weighted by Gasteiger charge is -2.32. The Morgan fingerprint density at radius 2 is 1.65 bits per heavy atom. The second-order valence-corrected chi connectivity index (χ2v) is 5.80. The summed E-state index contributed by atoms with van der Waals surface area (Å²) in [5.74, 6) is -2.50. The monoisotopic (exact) mass is 289 g/mol. The average Bonchev–Trinajstić information content (AvgIpc) is 2.31. The molecule has 1 unspecified atom stereocenters. The highest BCUT2D eigenvalue weighted by Gasteiger charge is 2.39. The number of ether oxygens (including phenoxy) is 2. The summed E-state index contributed by atoms with van der Waals surface area (Å²) < 4.78 is 9.95. The molecule has 0 rings (SSSR count). The van der Waals surface area contributed by atoms with Crippen LogP contribution in [0.4, 0.5) is 0 Å². The second kappa shape index (κ2) is 8.92. The highest BCUT2D eigenvalue weighted by molar-refractivity contribution is 5.97. The Balaban J connectivity index is 4.91. The van der Waals surface area contributed by atoms with Crippen LogP contribution in [0.1, 0.15) is 27.2 Å². The van der Waals surface area contributed by atoms with Crippen molar-refractivity contribution in [3.63, 3.8) is 0 Å². The van der Waals surface area contributed by atoms with E-state index in [1.807, 2.05) is 0 Å². The van der Waals surface area contributed by atoms with Gasteiger partial charge in [-0.25, -0.2) is 0 Å². The van der Waals surface area contributed by atoms with Crippen LogP contribution in [0, 0.1) is 11.3 Å². The minimum atomic E-state index is -1.09. The van der Waals surface area contributed by atoms with Crippen molar-refractivity contribution >= 4 is 11.9 Å². The summed E-state index contributed by atoms with van der Waals surface area (Å²) in [7, 11) is 3.15. The van der Waals surface area contributed by atoms with E-state index < -0.39 is 17.3 Å². The van der Waals surface area contributed by atoms with E-state index in [4.69, 9.17) is 9.47 Å². The van der Waals surface area contributed by atoms with Crippen LogP contribution in [0.15, 0.2) is 0 Å². The lowest BCUT2D eigenvalue weighted by molar-refractivity contribution is -0.156. The molecule has 118 valence electrons. The summed E-state index contributed by atoms with van der Waals surface area (Å²) in [6.07, 6.45) is 0.669. The first-order chi connectivity index (χ1) is 9.25. The fourth-order valence-corrected chi connectivity index (χ4v) is 1.96. The summed E-state index contributed by atoms with van der Waals surface area (Å²) in [6, 6.07) is 0.